The summed E-state index contributed by atoms with van der Waals surface area (Å²) in [6.07, 6.45) is 4.45. The molecule has 4 nitrogen and oxygen atoms in total. The van der Waals surface area contributed by atoms with E-state index in [-0.39, 0.29) is 11.8 Å². The minimum absolute atomic E-state index is 0.0146. The lowest BCUT2D eigenvalue weighted by Gasteiger charge is -2.07. The fourth-order valence-electron chi connectivity index (χ4n) is 2.77. The Hall–Kier alpha value is -2.62. The molecule has 1 aliphatic rings. The van der Waals surface area contributed by atoms with E-state index in [1.807, 2.05) is 24.3 Å². The van der Waals surface area contributed by atoms with Gasteiger partial charge in [-0.1, -0.05) is 42.0 Å². The maximum Gasteiger partial charge on any atom is 0.251 e. The molecular formula is C22H26N2O2. The number of carbonyl (C=O) groups excluding carboxylic acids is 2. The molecule has 2 amide bonds. The molecule has 0 aliphatic heterocycles. The van der Waals surface area contributed by atoms with Gasteiger partial charge in [-0.05, 0) is 55.9 Å². The van der Waals surface area contributed by atoms with Gasteiger partial charge in [0.1, 0.15) is 0 Å². The summed E-state index contributed by atoms with van der Waals surface area (Å²) >= 11 is 0. The fourth-order valence-corrected chi connectivity index (χ4v) is 2.77. The molecule has 0 radical (unpaired) electrons. The second kappa shape index (κ2) is 8.65. The molecule has 1 saturated carbocycles. The first kappa shape index (κ1) is 18.2. The van der Waals surface area contributed by atoms with Crippen molar-refractivity contribution >= 4 is 11.8 Å². The highest BCUT2D eigenvalue weighted by atomic mass is 16.2. The maximum atomic E-state index is 12.0. The summed E-state index contributed by atoms with van der Waals surface area (Å²) in [5.41, 5.74) is 4.19. The first-order chi connectivity index (χ1) is 12.6. The number of aryl methyl sites for hydroxylation is 2. The SMILES string of the molecule is Cc1ccc(CCCC(=O)NCc2ccc(C(=O)NC3CC3)cc2)cc1. The zero-order chi connectivity index (χ0) is 18.4. The van der Waals surface area contributed by atoms with Crippen LogP contribution in [0.5, 0.6) is 0 Å². The molecular weight excluding hydrogens is 324 g/mol. The normalized spacial score (nSPS) is 13.3. The number of hydrogen-bond donors (Lipinski definition) is 2. The summed E-state index contributed by atoms with van der Waals surface area (Å²) in [6, 6.07) is 16.2. The van der Waals surface area contributed by atoms with Gasteiger partial charge in [-0.25, -0.2) is 0 Å². The minimum Gasteiger partial charge on any atom is -0.352 e. The minimum atomic E-state index is -0.0146. The zero-order valence-corrected chi connectivity index (χ0v) is 15.3. The van der Waals surface area contributed by atoms with Gasteiger partial charge in [0.2, 0.25) is 5.91 Å². The summed E-state index contributed by atoms with van der Waals surface area (Å²) in [5, 5.41) is 5.92. The highest BCUT2D eigenvalue weighted by Crippen LogP contribution is 2.19. The third-order valence-electron chi connectivity index (χ3n) is 4.61. The number of hydrogen-bond acceptors (Lipinski definition) is 2. The molecule has 0 unspecified atom stereocenters. The predicted octanol–water partition coefficient (Wildman–Crippen LogP) is 3.53. The summed E-state index contributed by atoms with van der Waals surface area (Å²) in [4.78, 5) is 23.9. The lowest BCUT2D eigenvalue weighted by atomic mass is 10.1. The highest BCUT2D eigenvalue weighted by molar-refractivity contribution is 5.94. The van der Waals surface area contributed by atoms with Crippen LogP contribution in [-0.4, -0.2) is 17.9 Å². The quantitative estimate of drug-likeness (QED) is 0.765. The Morgan fingerprint density at radius 3 is 2.27 bits per heavy atom. The largest absolute Gasteiger partial charge is 0.352 e. The monoisotopic (exact) mass is 350 g/mol. The van der Waals surface area contributed by atoms with Gasteiger partial charge >= 0.3 is 0 Å². The van der Waals surface area contributed by atoms with Crippen molar-refractivity contribution in [1.29, 1.82) is 0 Å². The van der Waals surface area contributed by atoms with Crippen LogP contribution in [0.2, 0.25) is 0 Å². The molecule has 1 aliphatic carbocycles. The molecule has 3 rings (SSSR count). The molecule has 136 valence electrons. The van der Waals surface area contributed by atoms with Gasteiger partial charge in [-0.15, -0.1) is 0 Å². The van der Waals surface area contributed by atoms with Crippen LogP contribution in [-0.2, 0) is 17.8 Å². The Labute approximate surface area is 155 Å². The number of rotatable bonds is 8. The summed E-state index contributed by atoms with van der Waals surface area (Å²) in [5.74, 6) is 0.0480. The molecule has 0 aromatic heterocycles. The second-order valence-electron chi connectivity index (χ2n) is 7.06. The van der Waals surface area contributed by atoms with Crippen LogP contribution in [0.1, 0.15) is 52.7 Å². The number of benzene rings is 2. The van der Waals surface area contributed by atoms with E-state index in [4.69, 9.17) is 0 Å². The molecule has 1 fully saturated rings. The van der Waals surface area contributed by atoms with Crippen molar-refractivity contribution in [3.05, 3.63) is 70.8 Å². The van der Waals surface area contributed by atoms with Gasteiger partial charge < -0.3 is 10.6 Å². The average Bonchev–Trinajstić information content (AvgIpc) is 3.46. The molecule has 2 N–H and O–H groups in total. The average molecular weight is 350 g/mol. The molecule has 2 aromatic rings. The van der Waals surface area contributed by atoms with Gasteiger partial charge in [0.05, 0.1) is 0 Å². The molecule has 26 heavy (non-hydrogen) atoms. The summed E-state index contributed by atoms with van der Waals surface area (Å²) in [7, 11) is 0. The van der Waals surface area contributed by atoms with Gasteiger partial charge in [0.25, 0.3) is 5.91 Å². The Morgan fingerprint density at radius 2 is 1.62 bits per heavy atom. The first-order valence-electron chi connectivity index (χ1n) is 9.32. The molecule has 2 aromatic carbocycles. The van der Waals surface area contributed by atoms with E-state index in [1.165, 1.54) is 11.1 Å². The lowest BCUT2D eigenvalue weighted by Crippen LogP contribution is -2.25. The van der Waals surface area contributed by atoms with Crippen LogP contribution in [0.15, 0.2) is 48.5 Å². The zero-order valence-electron chi connectivity index (χ0n) is 15.3. The van der Waals surface area contributed by atoms with E-state index in [1.54, 1.807) is 0 Å². The highest BCUT2D eigenvalue weighted by Gasteiger charge is 2.23. The second-order valence-corrected chi connectivity index (χ2v) is 7.06. The molecule has 0 saturated heterocycles. The van der Waals surface area contributed by atoms with E-state index in [0.29, 0.717) is 24.6 Å². The number of amides is 2. The molecule has 0 bridgehead atoms. The van der Waals surface area contributed by atoms with Crippen molar-refractivity contribution in [2.75, 3.05) is 0 Å². The molecule has 0 spiro atoms. The van der Waals surface area contributed by atoms with Gasteiger partial charge in [-0.3, -0.25) is 9.59 Å². The van der Waals surface area contributed by atoms with Crippen LogP contribution in [0, 0.1) is 6.92 Å². The topological polar surface area (TPSA) is 58.2 Å². The van der Waals surface area contributed by atoms with Crippen molar-refractivity contribution in [2.24, 2.45) is 0 Å². The standard InChI is InChI=1S/C22H26N2O2/c1-16-5-7-17(8-6-16)3-2-4-21(25)23-15-18-9-11-19(12-10-18)22(26)24-20-13-14-20/h5-12,20H,2-4,13-15H2,1H3,(H,23,25)(H,24,26). The molecule has 0 atom stereocenters. The third-order valence-corrected chi connectivity index (χ3v) is 4.61. The Morgan fingerprint density at radius 1 is 0.962 bits per heavy atom. The van der Waals surface area contributed by atoms with E-state index < -0.39 is 0 Å². The third kappa shape index (κ3) is 5.73. The smallest absolute Gasteiger partial charge is 0.251 e. The summed E-state index contributed by atoms with van der Waals surface area (Å²) < 4.78 is 0. The van der Waals surface area contributed by atoms with Crippen molar-refractivity contribution in [3.63, 3.8) is 0 Å². The Balaban J connectivity index is 1.36. The van der Waals surface area contributed by atoms with E-state index in [2.05, 4.69) is 41.8 Å². The van der Waals surface area contributed by atoms with Gasteiger partial charge in [0, 0.05) is 24.6 Å². The first-order valence-corrected chi connectivity index (χ1v) is 9.32. The number of carbonyl (C=O) groups is 2. The van der Waals surface area contributed by atoms with Crippen LogP contribution < -0.4 is 10.6 Å². The van der Waals surface area contributed by atoms with Gasteiger partial charge in [0.15, 0.2) is 0 Å². The van der Waals surface area contributed by atoms with E-state index >= 15 is 0 Å². The van der Waals surface area contributed by atoms with Crippen molar-refractivity contribution in [1.82, 2.24) is 10.6 Å². The van der Waals surface area contributed by atoms with Crippen molar-refractivity contribution in [2.45, 2.75) is 51.6 Å². The molecule has 4 heteroatoms. The summed E-state index contributed by atoms with van der Waals surface area (Å²) in [6.45, 7) is 2.57. The van der Waals surface area contributed by atoms with E-state index in [9.17, 15) is 9.59 Å². The van der Waals surface area contributed by atoms with Crippen LogP contribution >= 0.6 is 0 Å². The fraction of sp³-hybridized carbons (Fsp3) is 0.364. The van der Waals surface area contributed by atoms with Crippen LogP contribution in [0.3, 0.4) is 0 Å². The van der Waals surface area contributed by atoms with Crippen molar-refractivity contribution in [3.8, 4) is 0 Å². The maximum absolute atomic E-state index is 12.0. The Bertz CT molecular complexity index is 747. The van der Waals surface area contributed by atoms with Crippen molar-refractivity contribution < 1.29 is 9.59 Å². The van der Waals surface area contributed by atoms with Crippen LogP contribution in [0.25, 0.3) is 0 Å². The van der Waals surface area contributed by atoms with Gasteiger partial charge in [-0.2, -0.15) is 0 Å². The lowest BCUT2D eigenvalue weighted by molar-refractivity contribution is -0.121. The van der Waals surface area contributed by atoms with E-state index in [0.717, 1.165) is 31.2 Å². The Kier molecular flexibility index (Phi) is 6.05. The number of nitrogens with one attached hydrogen (secondary N) is 2. The van der Waals surface area contributed by atoms with Crippen LogP contribution in [0.4, 0.5) is 0 Å². The predicted molar refractivity (Wildman–Crippen MR) is 103 cm³/mol. The molecule has 0 heterocycles.